The van der Waals surface area contributed by atoms with Gasteiger partial charge in [-0.1, -0.05) is 27.2 Å². The van der Waals surface area contributed by atoms with E-state index in [0.717, 1.165) is 12.8 Å². The van der Waals surface area contributed by atoms with Crippen LogP contribution in [0.2, 0.25) is 0 Å². The highest BCUT2D eigenvalue weighted by Gasteiger charge is 2.34. The van der Waals surface area contributed by atoms with Crippen molar-refractivity contribution in [2.45, 2.75) is 53.1 Å². The van der Waals surface area contributed by atoms with Gasteiger partial charge in [-0.3, -0.25) is 4.79 Å². The third-order valence-electron chi connectivity index (χ3n) is 3.74. The van der Waals surface area contributed by atoms with Crippen LogP contribution in [0, 0.1) is 17.8 Å². The van der Waals surface area contributed by atoms with E-state index in [1.165, 1.54) is 6.42 Å². The number of likely N-dealkylation sites (N-methyl/N-ethyl adjacent to an activating group) is 1. The Hall–Kier alpha value is -1.06. The van der Waals surface area contributed by atoms with E-state index in [0.29, 0.717) is 24.3 Å². The molecule has 1 aliphatic rings. The summed E-state index contributed by atoms with van der Waals surface area (Å²) >= 11 is 0. The average molecular weight is 255 g/mol. The SMILES string of the molecule is CCNC(=O)C(=O)O[C@@H]1C[C@H](C)CC[C@H]1C(C)C. The van der Waals surface area contributed by atoms with Gasteiger partial charge < -0.3 is 10.1 Å². The van der Waals surface area contributed by atoms with Gasteiger partial charge in [0.15, 0.2) is 0 Å². The van der Waals surface area contributed by atoms with E-state index in [9.17, 15) is 9.59 Å². The van der Waals surface area contributed by atoms with Gasteiger partial charge in [0.2, 0.25) is 0 Å². The van der Waals surface area contributed by atoms with E-state index in [-0.39, 0.29) is 6.10 Å². The minimum Gasteiger partial charge on any atom is -0.455 e. The minimum atomic E-state index is -0.735. The Labute approximate surface area is 109 Å². The lowest BCUT2D eigenvalue weighted by Crippen LogP contribution is -2.40. The van der Waals surface area contributed by atoms with Gasteiger partial charge >= 0.3 is 11.9 Å². The molecule has 1 N–H and O–H groups in total. The molecule has 0 bridgehead atoms. The van der Waals surface area contributed by atoms with Gasteiger partial charge in [0.1, 0.15) is 6.10 Å². The summed E-state index contributed by atoms with van der Waals surface area (Å²) < 4.78 is 5.40. The second-order valence-electron chi connectivity index (χ2n) is 5.63. The normalized spacial score (nSPS) is 27.9. The first-order chi connectivity index (χ1) is 8.45. The summed E-state index contributed by atoms with van der Waals surface area (Å²) in [5.41, 5.74) is 0. The molecule has 0 unspecified atom stereocenters. The lowest BCUT2D eigenvalue weighted by molar-refractivity contribution is -0.164. The van der Waals surface area contributed by atoms with Crippen LogP contribution < -0.4 is 5.32 Å². The Morgan fingerprint density at radius 2 is 2.00 bits per heavy atom. The van der Waals surface area contributed by atoms with E-state index in [1.807, 2.05) is 0 Å². The smallest absolute Gasteiger partial charge is 0.397 e. The topological polar surface area (TPSA) is 55.4 Å². The minimum absolute atomic E-state index is 0.108. The molecule has 4 nitrogen and oxygen atoms in total. The van der Waals surface area contributed by atoms with Crippen molar-refractivity contribution in [2.75, 3.05) is 6.54 Å². The fourth-order valence-corrected chi connectivity index (χ4v) is 2.67. The number of nitrogens with one attached hydrogen (secondary N) is 1. The zero-order valence-electron chi connectivity index (χ0n) is 11.9. The largest absolute Gasteiger partial charge is 0.455 e. The number of amides is 1. The molecule has 0 heterocycles. The van der Waals surface area contributed by atoms with Gasteiger partial charge in [0.05, 0.1) is 0 Å². The molecule has 0 spiro atoms. The maximum atomic E-state index is 11.6. The van der Waals surface area contributed by atoms with Crippen molar-refractivity contribution in [3.8, 4) is 0 Å². The number of hydrogen-bond donors (Lipinski definition) is 1. The quantitative estimate of drug-likeness (QED) is 0.621. The average Bonchev–Trinajstić information content (AvgIpc) is 2.28. The van der Waals surface area contributed by atoms with Crippen LogP contribution in [0.5, 0.6) is 0 Å². The predicted molar refractivity (Wildman–Crippen MR) is 69.9 cm³/mol. The van der Waals surface area contributed by atoms with Crippen LogP contribution in [0.25, 0.3) is 0 Å². The highest BCUT2D eigenvalue weighted by molar-refractivity contribution is 6.32. The van der Waals surface area contributed by atoms with Gasteiger partial charge in [-0.2, -0.15) is 0 Å². The number of ether oxygens (including phenoxy) is 1. The van der Waals surface area contributed by atoms with Crippen molar-refractivity contribution in [1.82, 2.24) is 5.32 Å². The van der Waals surface area contributed by atoms with Crippen molar-refractivity contribution in [1.29, 1.82) is 0 Å². The molecule has 1 aliphatic carbocycles. The van der Waals surface area contributed by atoms with Gasteiger partial charge in [0, 0.05) is 6.54 Å². The number of rotatable bonds is 3. The molecule has 0 aliphatic heterocycles. The van der Waals surface area contributed by atoms with Crippen LogP contribution in [0.4, 0.5) is 0 Å². The first-order valence-corrected chi connectivity index (χ1v) is 6.94. The highest BCUT2D eigenvalue weighted by Crippen LogP contribution is 2.35. The number of carbonyl (C=O) groups excluding carboxylic acids is 2. The highest BCUT2D eigenvalue weighted by atomic mass is 16.5. The summed E-state index contributed by atoms with van der Waals surface area (Å²) in [4.78, 5) is 23.0. The third-order valence-corrected chi connectivity index (χ3v) is 3.74. The number of hydrogen-bond acceptors (Lipinski definition) is 3. The van der Waals surface area contributed by atoms with Crippen molar-refractivity contribution in [3.63, 3.8) is 0 Å². The second kappa shape index (κ2) is 6.76. The molecule has 104 valence electrons. The van der Waals surface area contributed by atoms with Crippen LogP contribution in [0.3, 0.4) is 0 Å². The van der Waals surface area contributed by atoms with Gasteiger partial charge in [-0.25, -0.2) is 4.79 Å². The van der Waals surface area contributed by atoms with E-state index in [1.54, 1.807) is 6.92 Å². The van der Waals surface area contributed by atoms with E-state index >= 15 is 0 Å². The molecule has 4 heteroatoms. The molecule has 0 saturated heterocycles. The van der Waals surface area contributed by atoms with Crippen molar-refractivity contribution < 1.29 is 14.3 Å². The number of carbonyl (C=O) groups is 2. The van der Waals surface area contributed by atoms with Crippen LogP contribution >= 0.6 is 0 Å². The molecule has 1 rings (SSSR count). The van der Waals surface area contributed by atoms with Crippen LogP contribution in [-0.2, 0) is 14.3 Å². The summed E-state index contributed by atoms with van der Waals surface area (Å²) in [7, 11) is 0. The molecule has 18 heavy (non-hydrogen) atoms. The third kappa shape index (κ3) is 4.00. The first-order valence-electron chi connectivity index (χ1n) is 6.94. The van der Waals surface area contributed by atoms with Gasteiger partial charge in [-0.15, -0.1) is 0 Å². The standard InChI is InChI=1S/C14H25NO3/c1-5-15-13(16)14(17)18-12-8-10(4)6-7-11(12)9(2)3/h9-12H,5-8H2,1-4H3,(H,15,16)/t10-,11+,12-/m1/s1. The Balaban J connectivity index is 2.60. The molecule has 0 aromatic heterocycles. The Kier molecular flexibility index (Phi) is 5.63. The van der Waals surface area contributed by atoms with Crippen molar-refractivity contribution in [3.05, 3.63) is 0 Å². The molecular weight excluding hydrogens is 230 g/mol. The zero-order chi connectivity index (χ0) is 13.7. The summed E-state index contributed by atoms with van der Waals surface area (Å²) in [6.45, 7) is 8.69. The Morgan fingerprint density at radius 1 is 1.33 bits per heavy atom. The predicted octanol–water partition coefficient (Wildman–Crippen LogP) is 2.13. The lowest BCUT2D eigenvalue weighted by Gasteiger charge is -2.36. The molecule has 0 radical (unpaired) electrons. The second-order valence-corrected chi connectivity index (χ2v) is 5.63. The molecule has 1 fully saturated rings. The molecule has 1 amide bonds. The van der Waals surface area contributed by atoms with Gasteiger partial charge in [-0.05, 0) is 37.5 Å². The summed E-state index contributed by atoms with van der Waals surface area (Å²) in [5, 5.41) is 2.48. The Bertz CT molecular complexity index is 301. The summed E-state index contributed by atoms with van der Waals surface area (Å²) in [6, 6.07) is 0. The number of esters is 1. The molecule has 0 aromatic rings. The molecule has 3 atom stereocenters. The van der Waals surface area contributed by atoms with E-state index in [2.05, 4.69) is 26.1 Å². The van der Waals surface area contributed by atoms with E-state index < -0.39 is 11.9 Å². The fraction of sp³-hybridized carbons (Fsp3) is 0.857. The zero-order valence-corrected chi connectivity index (χ0v) is 11.9. The first kappa shape index (κ1) is 15.0. The monoisotopic (exact) mass is 255 g/mol. The van der Waals surface area contributed by atoms with Crippen LogP contribution in [0.15, 0.2) is 0 Å². The fourth-order valence-electron chi connectivity index (χ4n) is 2.67. The summed E-state index contributed by atoms with van der Waals surface area (Å²) in [6.07, 6.45) is 3.02. The summed E-state index contributed by atoms with van der Waals surface area (Å²) in [5.74, 6) is 0.0518. The van der Waals surface area contributed by atoms with Crippen LogP contribution in [0.1, 0.15) is 47.0 Å². The maximum Gasteiger partial charge on any atom is 0.397 e. The molecule has 0 aromatic carbocycles. The molecular formula is C14H25NO3. The Morgan fingerprint density at radius 3 is 2.56 bits per heavy atom. The van der Waals surface area contributed by atoms with Crippen LogP contribution in [-0.4, -0.2) is 24.5 Å². The van der Waals surface area contributed by atoms with E-state index in [4.69, 9.17) is 4.74 Å². The van der Waals surface area contributed by atoms with Crippen molar-refractivity contribution >= 4 is 11.9 Å². The molecule has 1 saturated carbocycles. The van der Waals surface area contributed by atoms with Crippen molar-refractivity contribution in [2.24, 2.45) is 17.8 Å². The lowest BCUT2D eigenvalue weighted by atomic mass is 9.75. The maximum absolute atomic E-state index is 11.6. The van der Waals surface area contributed by atoms with Gasteiger partial charge in [0.25, 0.3) is 0 Å².